The molecule has 9 heteroatoms. The summed E-state index contributed by atoms with van der Waals surface area (Å²) >= 11 is 2.73. The fourth-order valence-electron chi connectivity index (χ4n) is 2.85. The Kier molecular flexibility index (Phi) is 5.67. The van der Waals surface area contributed by atoms with E-state index < -0.39 is 0 Å². The summed E-state index contributed by atoms with van der Waals surface area (Å²) in [6.07, 6.45) is 1.83. The van der Waals surface area contributed by atoms with Crippen molar-refractivity contribution in [2.24, 2.45) is 0 Å². The van der Waals surface area contributed by atoms with Crippen LogP contribution in [0, 0.1) is 13.8 Å². The first-order valence-electron chi connectivity index (χ1n) is 8.65. The zero-order valence-corrected chi connectivity index (χ0v) is 16.8. The predicted molar refractivity (Wildman–Crippen MR) is 104 cm³/mol. The van der Waals surface area contributed by atoms with Crippen molar-refractivity contribution in [3.05, 3.63) is 20.8 Å². The Hall–Kier alpha value is -1.87. The van der Waals surface area contributed by atoms with Gasteiger partial charge in [-0.3, -0.25) is 19.1 Å². The number of aryl methyl sites for hydroxylation is 2. The van der Waals surface area contributed by atoms with Gasteiger partial charge >= 0.3 is 6.03 Å². The van der Waals surface area contributed by atoms with Gasteiger partial charge in [0.2, 0.25) is 5.91 Å². The lowest BCUT2D eigenvalue weighted by atomic mass is 10.2. The van der Waals surface area contributed by atoms with E-state index in [9.17, 15) is 14.4 Å². The van der Waals surface area contributed by atoms with Crippen molar-refractivity contribution in [3.63, 3.8) is 0 Å². The maximum atomic E-state index is 13.0. The summed E-state index contributed by atoms with van der Waals surface area (Å²) < 4.78 is 1.67. The van der Waals surface area contributed by atoms with E-state index in [1.807, 2.05) is 13.8 Å². The van der Waals surface area contributed by atoms with Gasteiger partial charge in [-0.05, 0) is 25.8 Å². The standard InChI is InChI=1S/C17H22N4O3S2/c1-4-5-7-21-15(23)13-10(2)11(3)26-14(13)19-17(21)25-9-12(22)20-8-6-18-16(20)24/h4-9H2,1-3H3,(H,18,24). The minimum Gasteiger partial charge on any atom is -0.336 e. The van der Waals surface area contributed by atoms with E-state index in [0.717, 1.165) is 23.3 Å². The Morgan fingerprint density at radius 1 is 1.35 bits per heavy atom. The summed E-state index contributed by atoms with van der Waals surface area (Å²) in [5.41, 5.74) is 0.938. The monoisotopic (exact) mass is 394 g/mol. The molecule has 1 N–H and O–H groups in total. The van der Waals surface area contributed by atoms with Crippen molar-refractivity contribution < 1.29 is 9.59 Å². The molecule has 1 aliphatic rings. The van der Waals surface area contributed by atoms with Gasteiger partial charge in [0, 0.05) is 24.5 Å². The Morgan fingerprint density at radius 3 is 2.77 bits per heavy atom. The number of urea groups is 1. The Labute approximate surface area is 159 Å². The average Bonchev–Trinajstić information content (AvgIpc) is 3.15. The summed E-state index contributed by atoms with van der Waals surface area (Å²) in [6, 6.07) is -0.355. The van der Waals surface area contributed by atoms with E-state index in [1.165, 1.54) is 28.0 Å². The summed E-state index contributed by atoms with van der Waals surface area (Å²) in [5, 5.41) is 3.84. The van der Waals surface area contributed by atoms with Gasteiger partial charge in [0.1, 0.15) is 4.83 Å². The third-order valence-corrected chi connectivity index (χ3v) is 6.53. The number of unbranched alkanes of at least 4 members (excludes halogenated alkanes) is 1. The molecule has 0 atom stereocenters. The van der Waals surface area contributed by atoms with Gasteiger partial charge in [0.25, 0.3) is 5.56 Å². The molecule has 1 fully saturated rings. The first-order chi connectivity index (χ1) is 12.4. The van der Waals surface area contributed by atoms with Crippen molar-refractivity contribution in [1.82, 2.24) is 19.8 Å². The van der Waals surface area contributed by atoms with Crippen molar-refractivity contribution in [1.29, 1.82) is 0 Å². The second kappa shape index (κ2) is 7.79. The summed E-state index contributed by atoms with van der Waals surface area (Å²) in [6.45, 7) is 7.45. The van der Waals surface area contributed by atoms with E-state index in [0.29, 0.717) is 35.0 Å². The van der Waals surface area contributed by atoms with Crippen LogP contribution < -0.4 is 10.9 Å². The highest BCUT2D eigenvalue weighted by Gasteiger charge is 2.26. The summed E-state index contributed by atoms with van der Waals surface area (Å²) in [5.74, 6) is -0.180. The molecule has 3 amide bonds. The number of aromatic nitrogens is 2. The van der Waals surface area contributed by atoms with Gasteiger partial charge in [-0.25, -0.2) is 9.78 Å². The Bertz CT molecular complexity index is 919. The van der Waals surface area contributed by atoms with Gasteiger partial charge in [0.15, 0.2) is 5.16 Å². The topological polar surface area (TPSA) is 84.3 Å². The number of hydrogen-bond donors (Lipinski definition) is 1. The first kappa shape index (κ1) is 18.9. The highest BCUT2D eigenvalue weighted by molar-refractivity contribution is 7.99. The molecule has 2 aromatic heterocycles. The van der Waals surface area contributed by atoms with Crippen molar-refractivity contribution in [3.8, 4) is 0 Å². The molecule has 0 unspecified atom stereocenters. The molecule has 0 saturated carbocycles. The largest absolute Gasteiger partial charge is 0.336 e. The lowest BCUT2D eigenvalue weighted by Gasteiger charge is -2.14. The van der Waals surface area contributed by atoms with Crippen LogP contribution in [0.15, 0.2) is 9.95 Å². The molecule has 0 aromatic carbocycles. The molecule has 7 nitrogen and oxygen atoms in total. The maximum Gasteiger partial charge on any atom is 0.324 e. The number of amides is 3. The molecule has 0 radical (unpaired) electrons. The third kappa shape index (κ3) is 3.50. The van der Waals surface area contributed by atoms with E-state index in [1.54, 1.807) is 4.57 Å². The number of carbonyl (C=O) groups is 2. The normalized spacial score (nSPS) is 14.3. The van der Waals surface area contributed by atoms with Crippen molar-refractivity contribution >= 4 is 45.3 Å². The van der Waals surface area contributed by atoms with Gasteiger partial charge < -0.3 is 5.32 Å². The van der Waals surface area contributed by atoms with Crippen LogP contribution in [-0.4, -0.2) is 45.2 Å². The number of thioether (sulfide) groups is 1. The highest BCUT2D eigenvalue weighted by Crippen LogP contribution is 2.28. The number of hydrogen-bond acceptors (Lipinski definition) is 6. The smallest absolute Gasteiger partial charge is 0.324 e. The third-order valence-electron chi connectivity index (χ3n) is 4.47. The molecule has 2 aromatic rings. The predicted octanol–water partition coefficient (Wildman–Crippen LogP) is 2.52. The van der Waals surface area contributed by atoms with Crippen molar-refractivity contribution in [2.75, 3.05) is 18.8 Å². The quantitative estimate of drug-likeness (QED) is 0.601. The molecule has 1 aliphatic heterocycles. The molecule has 0 bridgehead atoms. The number of imide groups is 1. The molecule has 26 heavy (non-hydrogen) atoms. The molecule has 3 heterocycles. The van der Waals surface area contributed by atoms with Gasteiger partial charge in [-0.2, -0.15) is 0 Å². The van der Waals surface area contributed by atoms with E-state index in [2.05, 4.69) is 17.2 Å². The molecule has 3 rings (SSSR count). The van der Waals surface area contributed by atoms with Crippen LogP contribution in [0.25, 0.3) is 10.2 Å². The summed E-state index contributed by atoms with van der Waals surface area (Å²) in [4.78, 5) is 44.6. The van der Waals surface area contributed by atoms with Gasteiger partial charge in [0.05, 0.1) is 11.1 Å². The molecular weight excluding hydrogens is 372 g/mol. The molecule has 1 saturated heterocycles. The van der Waals surface area contributed by atoms with Gasteiger partial charge in [-0.15, -0.1) is 11.3 Å². The molecular formula is C17H22N4O3S2. The fourth-order valence-corrected chi connectivity index (χ4v) is 4.82. The lowest BCUT2D eigenvalue weighted by Crippen LogP contribution is -2.35. The van der Waals surface area contributed by atoms with Crippen LogP contribution in [0.3, 0.4) is 0 Å². The number of rotatable bonds is 6. The van der Waals surface area contributed by atoms with E-state index >= 15 is 0 Å². The SMILES string of the molecule is CCCCn1c(SCC(=O)N2CCNC2=O)nc2sc(C)c(C)c2c1=O. The first-order valence-corrected chi connectivity index (χ1v) is 10.5. The number of fused-ring (bicyclic) bond motifs is 1. The number of nitrogens with one attached hydrogen (secondary N) is 1. The molecule has 140 valence electrons. The maximum absolute atomic E-state index is 13.0. The number of nitrogens with zero attached hydrogens (tertiary/aromatic N) is 3. The van der Waals surface area contributed by atoms with Crippen molar-refractivity contribution in [2.45, 2.75) is 45.3 Å². The fraction of sp³-hybridized carbons (Fsp3) is 0.529. The second-order valence-corrected chi connectivity index (χ2v) is 8.38. The molecule has 0 aliphatic carbocycles. The van der Waals surface area contributed by atoms with Crippen LogP contribution in [0.1, 0.15) is 30.2 Å². The minimum absolute atomic E-state index is 0.0424. The number of thiophene rings is 1. The van der Waals surface area contributed by atoms with Crippen LogP contribution in [0.4, 0.5) is 4.79 Å². The molecule has 0 spiro atoms. The zero-order valence-electron chi connectivity index (χ0n) is 15.1. The van der Waals surface area contributed by atoms with Crippen LogP contribution >= 0.6 is 23.1 Å². The second-order valence-electron chi connectivity index (χ2n) is 6.23. The number of carbonyl (C=O) groups excluding carboxylic acids is 2. The Balaban J connectivity index is 1.91. The Morgan fingerprint density at radius 2 is 2.12 bits per heavy atom. The van der Waals surface area contributed by atoms with E-state index in [-0.39, 0.29) is 23.3 Å². The lowest BCUT2D eigenvalue weighted by molar-refractivity contribution is -0.124. The average molecular weight is 395 g/mol. The van der Waals surface area contributed by atoms with Gasteiger partial charge in [-0.1, -0.05) is 25.1 Å². The minimum atomic E-state index is -0.355. The summed E-state index contributed by atoms with van der Waals surface area (Å²) in [7, 11) is 0. The van der Waals surface area contributed by atoms with Crippen LogP contribution in [0.2, 0.25) is 0 Å². The highest BCUT2D eigenvalue weighted by atomic mass is 32.2. The van der Waals surface area contributed by atoms with E-state index in [4.69, 9.17) is 0 Å². The van der Waals surface area contributed by atoms with Crippen LogP contribution in [0.5, 0.6) is 0 Å². The van der Waals surface area contributed by atoms with Crippen LogP contribution in [-0.2, 0) is 11.3 Å². The zero-order chi connectivity index (χ0) is 18.8.